The van der Waals surface area contributed by atoms with Crippen LogP contribution in [0.25, 0.3) is 11.3 Å². The minimum absolute atomic E-state index is 0.103. The first-order valence-corrected chi connectivity index (χ1v) is 11.6. The fourth-order valence-corrected chi connectivity index (χ4v) is 4.62. The summed E-state index contributed by atoms with van der Waals surface area (Å²) in [4.78, 5) is 9.06. The fourth-order valence-electron chi connectivity index (χ4n) is 4.35. The topological polar surface area (TPSA) is 113 Å². The maximum Gasteiger partial charge on any atom is 0.223 e. The molecule has 2 aliphatic rings. The van der Waals surface area contributed by atoms with Crippen molar-refractivity contribution < 1.29 is 14.2 Å². The van der Waals surface area contributed by atoms with Crippen LogP contribution in [0.2, 0.25) is 0 Å². The number of methoxy groups -OCH3 is 1. The molecule has 0 unspecified atom stereocenters. The second-order valence-electron chi connectivity index (χ2n) is 8.21. The molecule has 178 valence electrons. The molecular weight excluding hydrogens is 464 g/mol. The van der Waals surface area contributed by atoms with E-state index in [1.165, 1.54) is 0 Å². The molecule has 9 nitrogen and oxygen atoms in total. The highest BCUT2D eigenvalue weighted by atomic mass is 32.1. The van der Waals surface area contributed by atoms with Gasteiger partial charge in [0.2, 0.25) is 5.95 Å². The number of nitrogens with one attached hydrogen (secondary N) is 3. The molecule has 0 amide bonds. The van der Waals surface area contributed by atoms with E-state index >= 15 is 0 Å². The van der Waals surface area contributed by atoms with Crippen molar-refractivity contribution in [1.29, 1.82) is 5.26 Å². The van der Waals surface area contributed by atoms with Gasteiger partial charge in [-0.3, -0.25) is 0 Å². The number of thiocarbonyl (C=S) groups is 1. The molecule has 0 saturated carbocycles. The van der Waals surface area contributed by atoms with Crippen LogP contribution in [0.15, 0.2) is 60.8 Å². The Labute approximate surface area is 208 Å². The lowest BCUT2D eigenvalue weighted by atomic mass is 10.1. The third kappa shape index (κ3) is 5.02. The van der Waals surface area contributed by atoms with E-state index in [0.717, 1.165) is 22.7 Å². The van der Waals surface area contributed by atoms with Gasteiger partial charge in [-0.25, -0.2) is 9.97 Å². The van der Waals surface area contributed by atoms with Gasteiger partial charge >= 0.3 is 0 Å². The third-order valence-electron chi connectivity index (χ3n) is 5.97. The number of ether oxygens (including phenoxy) is 3. The van der Waals surface area contributed by atoms with E-state index < -0.39 is 0 Å². The lowest BCUT2D eigenvalue weighted by Crippen LogP contribution is -2.46. The maximum absolute atomic E-state index is 9.08. The summed E-state index contributed by atoms with van der Waals surface area (Å²) in [7, 11) is 1.64. The number of fused-ring (bicyclic) bond motifs is 1. The number of hydrogen-bond acceptors (Lipinski definition) is 8. The molecule has 2 aromatic carbocycles. The van der Waals surface area contributed by atoms with E-state index in [-0.39, 0.29) is 24.3 Å². The first kappa shape index (κ1) is 23.0. The normalized spacial score (nSPS) is 22.6. The zero-order valence-electron chi connectivity index (χ0n) is 19.0. The molecule has 0 aliphatic carbocycles. The summed E-state index contributed by atoms with van der Waals surface area (Å²) in [6.07, 6.45) is 1.38. The Hall–Kier alpha value is -3.78. The first-order chi connectivity index (χ1) is 17.1. The van der Waals surface area contributed by atoms with Crippen molar-refractivity contribution in [3.63, 3.8) is 0 Å². The summed E-state index contributed by atoms with van der Waals surface area (Å²) < 4.78 is 17.6. The van der Waals surface area contributed by atoms with Crippen molar-refractivity contribution in [3.05, 3.63) is 66.4 Å². The van der Waals surface area contributed by atoms with E-state index in [4.69, 9.17) is 31.7 Å². The molecule has 5 rings (SSSR count). The molecule has 1 aromatic heterocycles. The van der Waals surface area contributed by atoms with Crippen molar-refractivity contribution in [2.75, 3.05) is 31.0 Å². The van der Waals surface area contributed by atoms with Crippen LogP contribution in [-0.4, -0.2) is 59.7 Å². The van der Waals surface area contributed by atoms with Gasteiger partial charge in [0, 0.05) is 17.4 Å². The second-order valence-corrected chi connectivity index (χ2v) is 8.62. The lowest BCUT2D eigenvalue weighted by molar-refractivity contribution is 0.0689. The Morgan fingerprint density at radius 3 is 2.71 bits per heavy atom. The number of hydrogen-bond donors (Lipinski definition) is 3. The molecule has 2 fully saturated rings. The quantitative estimate of drug-likeness (QED) is 0.448. The Bertz CT molecular complexity index is 1270. The maximum atomic E-state index is 9.08. The number of anilines is 2. The van der Waals surface area contributed by atoms with Gasteiger partial charge in [0.1, 0.15) is 18.0 Å². The van der Waals surface area contributed by atoms with Gasteiger partial charge < -0.3 is 30.2 Å². The highest BCUT2D eigenvalue weighted by Gasteiger charge is 2.48. The summed E-state index contributed by atoms with van der Waals surface area (Å²) >= 11 is 5.47. The Morgan fingerprint density at radius 1 is 1.09 bits per heavy atom. The van der Waals surface area contributed by atoms with Crippen molar-refractivity contribution in [2.24, 2.45) is 0 Å². The average molecular weight is 489 g/mol. The summed E-state index contributed by atoms with van der Waals surface area (Å²) in [5.41, 5.74) is 2.96. The van der Waals surface area contributed by atoms with Gasteiger partial charge in [0.25, 0.3) is 0 Å². The number of nitrogens with zero attached hydrogens (tertiary/aromatic N) is 3. The van der Waals surface area contributed by atoms with Crippen LogP contribution in [0.4, 0.5) is 11.6 Å². The number of benzene rings is 2. The predicted octanol–water partition coefficient (Wildman–Crippen LogP) is 2.96. The average Bonchev–Trinajstić information content (AvgIpc) is 3.47. The van der Waals surface area contributed by atoms with Crippen molar-refractivity contribution in [1.82, 2.24) is 15.3 Å². The van der Waals surface area contributed by atoms with Crippen LogP contribution in [0, 0.1) is 11.3 Å². The monoisotopic (exact) mass is 488 g/mol. The predicted molar refractivity (Wildman–Crippen MR) is 135 cm³/mol. The van der Waals surface area contributed by atoms with Crippen molar-refractivity contribution >= 4 is 29.0 Å². The summed E-state index contributed by atoms with van der Waals surface area (Å²) in [6.45, 7) is 0.913. The van der Waals surface area contributed by atoms with Gasteiger partial charge in [-0.05, 0) is 48.6 Å². The summed E-state index contributed by atoms with van der Waals surface area (Å²) in [6, 6.07) is 18.6. The molecule has 0 spiro atoms. The minimum atomic E-state index is -0.171. The second kappa shape index (κ2) is 10.2. The number of rotatable bonds is 6. The van der Waals surface area contributed by atoms with E-state index in [1.807, 2.05) is 36.4 Å². The standard InChI is InChI=1S/C25H24N6O3S/c1-32-21-8-3-2-7-17(21)18-9-10-27-24(29-18)30-19-13-33-23-20(14-34-22(19)23)31-25(35)28-16-6-4-5-15(11-16)12-26/h2-11,19-20,22-23H,13-14H2,1H3,(H,27,29,30)(H2,28,31,35)/t19-,20-,22+,23+/m0/s1. The molecule has 4 atom stereocenters. The molecule has 35 heavy (non-hydrogen) atoms. The molecule has 2 saturated heterocycles. The number of aromatic nitrogens is 2. The lowest BCUT2D eigenvalue weighted by Gasteiger charge is -2.20. The van der Waals surface area contributed by atoms with Gasteiger partial charge in [-0.2, -0.15) is 5.26 Å². The van der Waals surface area contributed by atoms with Crippen LogP contribution >= 0.6 is 12.2 Å². The van der Waals surface area contributed by atoms with Crippen molar-refractivity contribution in [2.45, 2.75) is 24.3 Å². The molecule has 0 bridgehead atoms. The molecule has 0 radical (unpaired) electrons. The molecular formula is C25H24N6O3S. The van der Waals surface area contributed by atoms with E-state index in [9.17, 15) is 0 Å². The van der Waals surface area contributed by atoms with Crippen LogP contribution in [0.1, 0.15) is 5.56 Å². The summed E-state index contributed by atoms with van der Waals surface area (Å²) in [5, 5.41) is 19.3. The number of nitriles is 1. The molecule has 2 aliphatic heterocycles. The van der Waals surface area contributed by atoms with Crippen LogP contribution in [0.3, 0.4) is 0 Å². The Morgan fingerprint density at radius 2 is 1.89 bits per heavy atom. The SMILES string of the molecule is COc1ccccc1-c1ccnc(N[C@H]2CO[C@H]3[C@@H]2OC[C@@H]3NC(=S)Nc2cccc(C#N)c2)n1. The highest BCUT2D eigenvalue weighted by Crippen LogP contribution is 2.31. The molecule has 10 heteroatoms. The van der Waals surface area contributed by atoms with Crippen LogP contribution in [0.5, 0.6) is 5.75 Å². The zero-order valence-corrected chi connectivity index (χ0v) is 19.8. The first-order valence-electron chi connectivity index (χ1n) is 11.2. The fraction of sp³-hybridized carbons (Fsp3) is 0.280. The van der Waals surface area contributed by atoms with E-state index in [0.29, 0.717) is 29.8 Å². The molecule has 3 N–H and O–H groups in total. The molecule has 3 heterocycles. The third-order valence-corrected chi connectivity index (χ3v) is 6.19. The minimum Gasteiger partial charge on any atom is -0.496 e. The zero-order chi connectivity index (χ0) is 24.2. The largest absolute Gasteiger partial charge is 0.496 e. The van der Waals surface area contributed by atoms with Crippen LogP contribution < -0.4 is 20.7 Å². The Kier molecular flexibility index (Phi) is 6.72. The van der Waals surface area contributed by atoms with E-state index in [1.54, 1.807) is 31.5 Å². The van der Waals surface area contributed by atoms with Gasteiger partial charge in [-0.1, -0.05) is 18.2 Å². The van der Waals surface area contributed by atoms with Gasteiger partial charge in [0.05, 0.1) is 49.7 Å². The highest BCUT2D eigenvalue weighted by molar-refractivity contribution is 7.80. The van der Waals surface area contributed by atoms with Crippen molar-refractivity contribution in [3.8, 4) is 23.1 Å². The van der Waals surface area contributed by atoms with Gasteiger partial charge in [0.15, 0.2) is 5.11 Å². The smallest absolute Gasteiger partial charge is 0.223 e. The Balaban J connectivity index is 1.21. The summed E-state index contributed by atoms with van der Waals surface area (Å²) in [5.74, 6) is 1.25. The van der Waals surface area contributed by atoms with E-state index in [2.05, 4.69) is 32.0 Å². The van der Waals surface area contributed by atoms with Crippen LogP contribution in [-0.2, 0) is 9.47 Å². The van der Waals surface area contributed by atoms with Gasteiger partial charge in [-0.15, -0.1) is 0 Å². The number of para-hydroxylation sites is 1. The molecule has 3 aromatic rings.